The molecule has 6 nitrogen and oxygen atoms in total. The van der Waals surface area contributed by atoms with Crippen LogP contribution in [-0.2, 0) is 11.2 Å². The molecule has 1 aliphatic heterocycles. The maximum Gasteiger partial charge on any atom is 0.326 e. The summed E-state index contributed by atoms with van der Waals surface area (Å²) in [7, 11) is 1.48. The molecule has 0 spiro atoms. The van der Waals surface area contributed by atoms with E-state index in [1.807, 2.05) is 0 Å². The number of anilines is 2. The highest BCUT2D eigenvalue weighted by molar-refractivity contribution is 6.02. The van der Waals surface area contributed by atoms with Gasteiger partial charge < -0.3 is 19.9 Å². The first kappa shape index (κ1) is 18.0. The minimum atomic E-state index is -0.590. The summed E-state index contributed by atoms with van der Waals surface area (Å²) in [5, 5.41) is 12.3. The Balaban J connectivity index is 1.78. The standard InChI is InChI=1S/C19H21FN2O4/c1-25-12-26-15-6-7-17(16(20)11-15)21-19(24)22-9-3-2-4-13-10-14(23)5-8-18(13)22/h5-8,10-11,23H,2-4,9,12H2,1H3,(H,21,24). The van der Waals surface area contributed by atoms with Gasteiger partial charge in [0.05, 0.1) is 5.69 Å². The van der Waals surface area contributed by atoms with Gasteiger partial charge in [-0.2, -0.15) is 0 Å². The summed E-state index contributed by atoms with van der Waals surface area (Å²) in [6, 6.07) is 8.73. The minimum absolute atomic E-state index is 0.0164. The number of benzene rings is 2. The molecule has 1 aliphatic rings. The van der Waals surface area contributed by atoms with E-state index in [0.717, 1.165) is 30.5 Å². The molecule has 0 unspecified atom stereocenters. The first-order valence-electron chi connectivity index (χ1n) is 8.40. The van der Waals surface area contributed by atoms with Gasteiger partial charge in [0, 0.05) is 25.4 Å². The molecular weight excluding hydrogens is 339 g/mol. The van der Waals surface area contributed by atoms with Gasteiger partial charge in [0.1, 0.15) is 17.3 Å². The Labute approximate surface area is 151 Å². The lowest BCUT2D eigenvalue weighted by Crippen LogP contribution is -2.35. The number of aromatic hydroxyl groups is 1. The number of nitrogens with one attached hydrogen (secondary N) is 1. The second-order valence-corrected chi connectivity index (χ2v) is 6.04. The van der Waals surface area contributed by atoms with Crippen molar-refractivity contribution in [2.45, 2.75) is 19.3 Å². The van der Waals surface area contributed by atoms with E-state index in [1.54, 1.807) is 29.2 Å². The van der Waals surface area contributed by atoms with Gasteiger partial charge >= 0.3 is 6.03 Å². The van der Waals surface area contributed by atoms with Crippen LogP contribution in [-0.4, -0.2) is 31.6 Å². The molecular formula is C19H21FN2O4. The Morgan fingerprint density at radius 3 is 2.88 bits per heavy atom. The van der Waals surface area contributed by atoms with Crippen LogP contribution in [0.5, 0.6) is 11.5 Å². The van der Waals surface area contributed by atoms with Gasteiger partial charge in [0.2, 0.25) is 0 Å². The van der Waals surface area contributed by atoms with Crippen molar-refractivity contribution in [1.29, 1.82) is 0 Å². The van der Waals surface area contributed by atoms with Gasteiger partial charge in [-0.25, -0.2) is 9.18 Å². The van der Waals surface area contributed by atoms with E-state index in [9.17, 15) is 14.3 Å². The highest BCUT2D eigenvalue weighted by atomic mass is 19.1. The number of amides is 2. The number of ether oxygens (including phenoxy) is 2. The number of hydrogen-bond donors (Lipinski definition) is 2. The summed E-state index contributed by atoms with van der Waals surface area (Å²) in [4.78, 5) is 14.3. The molecule has 0 aromatic heterocycles. The number of hydrogen-bond acceptors (Lipinski definition) is 4. The Kier molecular flexibility index (Phi) is 5.58. The van der Waals surface area contributed by atoms with Crippen LogP contribution in [0.25, 0.3) is 0 Å². The molecule has 7 heteroatoms. The van der Waals surface area contributed by atoms with Gasteiger partial charge in [-0.1, -0.05) is 0 Å². The summed E-state index contributed by atoms with van der Waals surface area (Å²) in [6.45, 7) is 0.544. The van der Waals surface area contributed by atoms with Crippen molar-refractivity contribution in [3.05, 3.63) is 47.8 Å². The van der Waals surface area contributed by atoms with E-state index in [0.29, 0.717) is 12.3 Å². The lowest BCUT2D eigenvalue weighted by Gasteiger charge is -2.23. The van der Waals surface area contributed by atoms with Crippen LogP contribution in [0.2, 0.25) is 0 Å². The molecule has 2 amide bonds. The van der Waals surface area contributed by atoms with E-state index < -0.39 is 11.8 Å². The summed E-state index contributed by atoms with van der Waals surface area (Å²) in [5.74, 6) is -0.102. The largest absolute Gasteiger partial charge is 0.508 e. The molecule has 3 rings (SSSR count). The number of urea groups is 1. The Morgan fingerprint density at radius 2 is 2.12 bits per heavy atom. The second kappa shape index (κ2) is 8.05. The number of halogens is 1. The van der Waals surface area contributed by atoms with Gasteiger partial charge in [-0.15, -0.1) is 0 Å². The molecule has 0 aliphatic carbocycles. The summed E-state index contributed by atoms with van der Waals surface area (Å²) in [6.07, 6.45) is 2.53. The van der Waals surface area contributed by atoms with Crippen molar-refractivity contribution in [2.75, 3.05) is 30.7 Å². The molecule has 0 saturated carbocycles. The molecule has 2 aromatic carbocycles. The molecule has 26 heavy (non-hydrogen) atoms. The van der Waals surface area contributed by atoms with Gasteiger partial charge in [-0.3, -0.25) is 4.90 Å². The fourth-order valence-electron chi connectivity index (χ4n) is 2.95. The van der Waals surface area contributed by atoms with Gasteiger partial charge in [0.15, 0.2) is 6.79 Å². The first-order valence-corrected chi connectivity index (χ1v) is 8.40. The number of fused-ring (bicyclic) bond motifs is 1. The van der Waals surface area contributed by atoms with Crippen molar-refractivity contribution < 1.29 is 23.8 Å². The van der Waals surface area contributed by atoms with Crippen LogP contribution < -0.4 is 15.0 Å². The topological polar surface area (TPSA) is 71.0 Å². The van der Waals surface area contributed by atoms with Crippen LogP contribution >= 0.6 is 0 Å². The average molecular weight is 360 g/mol. The molecule has 0 saturated heterocycles. The molecule has 0 fully saturated rings. The molecule has 2 aromatic rings. The SMILES string of the molecule is COCOc1ccc(NC(=O)N2CCCCc3cc(O)ccc32)c(F)c1. The maximum atomic E-state index is 14.2. The second-order valence-electron chi connectivity index (χ2n) is 6.04. The number of methoxy groups -OCH3 is 1. The number of phenols is 1. The molecule has 138 valence electrons. The summed E-state index contributed by atoms with van der Waals surface area (Å²) < 4.78 is 24.2. The third-order valence-electron chi connectivity index (χ3n) is 4.20. The van der Waals surface area contributed by atoms with Crippen LogP contribution in [0.15, 0.2) is 36.4 Å². The predicted octanol–water partition coefficient (Wildman–Crippen LogP) is 3.89. The maximum absolute atomic E-state index is 14.2. The molecule has 1 heterocycles. The van der Waals surface area contributed by atoms with Crippen molar-refractivity contribution in [3.8, 4) is 11.5 Å². The monoisotopic (exact) mass is 360 g/mol. The first-order chi connectivity index (χ1) is 12.6. The zero-order valence-corrected chi connectivity index (χ0v) is 14.5. The van der Waals surface area contributed by atoms with E-state index in [2.05, 4.69) is 5.32 Å². The zero-order valence-electron chi connectivity index (χ0n) is 14.5. The van der Waals surface area contributed by atoms with E-state index >= 15 is 0 Å². The summed E-state index contributed by atoms with van der Waals surface area (Å²) >= 11 is 0. The minimum Gasteiger partial charge on any atom is -0.508 e. The predicted molar refractivity (Wildman–Crippen MR) is 96.3 cm³/mol. The third-order valence-corrected chi connectivity index (χ3v) is 4.20. The number of phenolic OH excluding ortho intramolecular Hbond substituents is 1. The summed E-state index contributed by atoms with van der Waals surface area (Å²) in [5.41, 5.74) is 1.71. The Bertz CT molecular complexity index is 797. The number of nitrogens with zero attached hydrogens (tertiary/aromatic N) is 1. The van der Waals surface area contributed by atoms with Gasteiger partial charge in [-0.05, 0) is 55.2 Å². The molecule has 2 N–H and O–H groups in total. The van der Waals surface area contributed by atoms with Crippen LogP contribution in [0.1, 0.15) is 18.4 Å². The van der Waals surface area contributed by atoms with Crippen LogP contribution in [0.3, 0.4) is 0 Å². The van der Waals surface area contributed by atoms with Crippen LogP contribution in [0.4, 0.5) is 20.6 Å². The number of carbonyl (C=O) groups excluding carboxylic acids is 1. The number of aryl methyl sites for hydroxylation is 1. The highest BCUT2D eigenvalue weighted by Gasteiger charge is 2.22. The lowest BCUT2D eigenvalue weighted by molar-refractivity contribution is 0.0509. The Morgan fingerprint density at radius 1 is 1.27 bits per heavy atom. The van der Waals surface area contributed by atoms with Crippen LogP contribution in [0, 0.1) is 5.82 Å². The van der Waals surface area contributed by atoms with Crippen molar-refractivity contribution in [3.63, 3.8) is 0 Å². The Hall–Kier alpha value is -2.80. The zero-order chi connectivity index (χ0) is 18.5. The fraction of sp³-hybridized carbons (Fsp3) is 0.316. The normalized spacial score (nSPS) is 13.7. The average Bonchev–Trinajstić information content (AvgIpc) is 2.83. The number of rotatable bonds is 4. The molecule has 0 bridgehead atoms. The highest BCUT2D eigenvalue weighted by Crippen LogP contribution is 2.30. The van der Waals surface area contributed by atoms with Crippen molar-refractivity contribution in [1.82, 2.24) is 0 Å². The number of carbonyl (C=O) groups is 1. The lowest BCUT2D eigenvalue weighted by atomic mass is 10.1. The molecule has 0 radical (unpaired) electrons. The van der Waals surface area contributed by atoms with E-state index in [1.165, 1.54) is 19.2 Å². The van der Waals surface area contributed by atoms with Crippen molar-refractivity contribution in [2.24, 2.45) is 0 Å². The van der Waals surface area contributed by atoms with Gasteiger partial charge in [0.25, 0.3) is 0 Å². The molecule has 0 atom stereocenters. The van der Waals surface area contributed by atoms with E-state index in [4.69, 9.17) is 9.47 Å². The smallest absolute Gasteiger partial charge is 0.326 e. The van der Waals surface area contributed by atoms with Crippen molar-refractivity contribution >= 4 is 17.4 Å². The third kappa shape index (κ3) is 4.05. The fourth-order valence-corrected chi connectivity index (χ4v) is 2.95. The van der Waals surface area contributed by atoms with E-state index in [-0.39, 0.29) is 18.2 Å². The quantitative estimate of drug-likeness (QED) is 0.812.